The first-order chi connectivity index (χ1) is 7.19. The van der Waals surface area contributed by atoms with Crippen LogP contribution in [0.15, 0.2) is 23.1 Å². The highest BCUT2D eigenvalue weighted by molar-refractivity contribution is 7.99. The Kier molecular flexibility index (Phi) is 5.12. The van der Waals surface area contributed by atoms with E-state index in [1.165, 1.54) is 6.07 Å². The lowest BCUT2D eigenvalue weighted by Crippen LogP contribution is -2.02. The molecule has 0 saturated carbocycles. The van der Waals surface area contributed by atoms with Gasteiger partial charge in [-0.25, -0.2) is 4.39 Å². The van der Waals surface area contributed by atoms with Crippen LogP contribution in [0.2, 0.25) is 0 Å². The number of rotatable bonds is 5. The van der Waals surface area contributed by atoms with Crippen molar-refractivity contribution in [2.45, 2.75) is 31.7 Å². The van der Waals surface area contributed by atoms with Gasteiger partial charge in [-0.1, -0.05) is 32.4 Å². The largest absolute Gasteiger partial charge is 0.326 e. The Morgan fingerprint density at radius 1 is 1.47 bits per heavy atom. The minimum absolute atomic E-state index is 0.147. The molecule has 0 fully saturated rings. The van der Waals surface area contributed by atoms with Crippen LogP contribution >= 0.6 is 11.8 Å². The molecule has 1 rings (SSSR count). The molecule has 3 heteroatoms. The van der Waals surface area contributed by atoms with Crippen molar-refractivity contribution in [3.63, 3.8) is 0 Å². The van der Waals surface area contributed by atoms with Gasteiger partial charge in [0.15, 0.2) is 0 Å². The second-order valence-electron chi connectivity index (χ2n) is 3.76. The van der Waals surface area contributed by atoms with Gasteiger partial charge in [0.25, 0.3) is 0 Å². The number of thioether (sulfide) groups is 1. The van der Waals surface area contributed by atoms with Crippen LogP contribution in [0.1, 0.15) is 25.8 Å². The van der Waals surface area contributed by atoms with Crippen molar-refractivity contribution in [1.29, 1.82) is 0 Å². The van der Waals surface area contributed by atoms with Crippen molar-refractivity contribution in [1.82, 2.24) is 0 Å². The molecule has 0 aromatic heterocycles. The molecule has 0 amide bonds. The molecule has 1 unspecified atom stereocenters. The summed E-state index contributed by atoms with van der Waals surface area (Å²) < 4.78 is 13.5. The third kappa shape index (κ3) is 3.50. The van der Waals surface area contributed by atoms with Crippen molar-refractivity contribution >= 4 is 11.8 Å². The van der Waals surface area contributed by atoms with E-state index in [9.17, 15) is 4.39 Å². The highest BCUT2D eigenvalue weighted by atomic mass is 32.2. The predicted octanol–water partition coefficient (Wildman–Crippen LogP) is 3.42. The van der Waals surface area contributed by atoms with E-state index in [1.54, 1.807) is 17.8 Å². The molecule has 0 spiro atoms. The maximum Gasteiger partial charge on any atom is 0.137 e. The van der Waals surface area contributed by atoms with Crippen LogP contribution in [0.3, 0.4) is 0 Å². The zero-order valence-electron chi connectivity index (χ0n) is 9.29. The molecule has 0 saturated heterocycles. The smallest absolute Gasteiger partial charge is 0.137 e. The summed E-state index contributed by atoms with van der Waals surface area (Å²) in [4.78, 5) is 0.723. The van der Waals surface area contributed by atoms with Crippen molar-refractivity contribution in [2.24, 2.45) is 11.7 Å². The minimum Gasteiger partial charge on any atom is -0.326 e. The van der Waals surface area contributed by atoms with Crippen LogP contribution < -0.4 is 5.73 Å². The molecule has 1 aromatic carbocycles. The van der Waals surface area contributed by atoms with E-state index >= 15 is 0 Å². The molecule has 0 heterocycles. The van der Waals surface area contributed by atoms with Crippen molar-refractivity contribution in [2.75, 3.05) is 5.75 Å². The molecule has 1 atom stereocenters. The van der Waals surface area contributed by atoms with Crippen molar-refractivity contribution in [3.05, 3.63) is 29.6 Å². The van der Waals surface area contributed by atoms with E-state index < -0.39 is 0 Å². The Balaban J connectivity index is 2.74. The number of nitrogens with two attached hydrogens (primary N) is 1. The summed E-state index contributed by atoms with van der Waals surface area (Å²) in [5.41, 5.74) is 6.48. The van der Waals surface area contributed by atoms with Crippen LogP contribution in [-0.2, 0) is 6.54 Å². The van der Waals surface area contributed by atoms with Crippen molar-refractivity contribution in [3.8, 4) is 0 Å². The second-order valence-corrected chi connectivity index (χ2v) is 4.79. The zero-order valence-corrected chi connectivity index (χ0v) is 10.1. The molecule has 2 N–H and O–H groups in total. The third-order valence-electron chi connectivity index (χ3n) is 2.48. The van der Waals surface area contributed by atoms with Gasteiger partial charge in [-0.2, -0.15) is 0 Å². The fourth-order valence-electron chi connectivity index (χ4n) is 1.22. The van der Waals surface area contributed by atoms with Crippen molar-refractivity contribution < 1.29 is 4.39 Å². The van der Waals surface area contributed by atoms with Gasteiger partial charge in [0.05, 0.1) is 0 Å². The monoisotopic (exact) mass is 227 g/mol. The Morgan fingerprint density at radius 2 is 2.20 bits per heavy atom. The highest BCUT2D eigenvalue weighted by Crippen LogP contribution is 2.28. The van der Waals surface area contributed by atoms with E-state index in [2.05, 4.69) is 13.8 Å². The lowest BCUT2D eigenvalue weighted by molar-refractivity contribution is 0.594. The number of hydrogen-bond acceptors (Lipinski definition) is 2. The highest BCUT2D eigenvalue weighted by Gasteiger charge is 2.09. The van der Waals surface area contributed by atoms with E-state index in [-0.39, 0.29) is 5.82 Å². The number of benzene rings is 1. The molecule has 1 aromatic rings. The number of halogens is 1. The van der Waals surface area contributed by atoms with Crippen LogP contribution in [0, 0.1) is 11.7 Å². The topological polar surface area (TPSA) is 26.0 Å². The Labute approximate surface area is 95.2 Å². The average Bonchev–Trinajstić information content (AvgIpc) is 2.26. The van der Waals surface area contributed by atoms with Crippen LogP contribution in [-0.4, -0.2) is 5.75 Å². The summed E-state index contributed by atoms with van der Waals surface area (Å²) in [6, 6.07) is 5.10. The summed E-state index contributed by atoms with van der Waals surface area (Å²) in [5.74, 6) is 1.41. The van der Waals surface area contributed by atoms with Gasteiger partial charge in [-0.05, 0) is 17.5 Å². The van der Waals surface area contributed by atoms with Gasteiger partial charge >= 0.3 is 0 Å². The minimum atomic E-state index is -0.147. The van der Waals surface area contributed by atoms with Gasteiger partial charge in [-0.15, -0.1) is 11.8 Å². The summed E-state index contributed by atoms with van der Waals surface area (Å²) in [6.45, 7) is 4.73. The Hall–Kier alpha value is -0.540. The first-order valence-corrected chi connectivity index (χ1v) is 6.27. The maximum atomic E-state index is 13.5. The molecule has 0 aliphatic rings. The molecular formula is C12H18FNS. The summed E-state index contributed by atoms with van der Waals surface area (Å²) in [5, 5.41) is 0. The Bertz CT molecular complexity index is 314. The number of hydrogen-bond donors (Lipinski definition) is 1. The molecule has 15 heavy (non-hydrogen) atoms. The molecule has 0 radical (unpaired) electrons. The van der Waals surface area contributed by atoms with Gasteiger partial charge in [0.2, 0.25) is 0 Å². The first kappa shape index (κ1) is 12.5. The standard InChI is InChI=1S/C12H18FNS/c1-3-9(2)8-15-12-10(7-14)5-4-6-11(12)13/h4-6,9H,3,7-8,14H2,1-2H3. The average molecular weight is 227 g/mol. The van der Waals surface area contributed by atoms with Crippen LogP contribution in [0.25, 0.3) is 0 Å². The lowest BCUT2D eigenvalue weighted by Gasteiger charge is -2.11. The lowest BCUT2D eigenvalue weighted by atomic mass is 10.2. The van der Waals surface area contributed by atoms with E-state index in [1.807, 2.05) is 6.07 Å². The molecule has 0 bridgehead atoms. The summed E-state index contributed by atoms with van der Waals surface area (Å²) in [7, 11) is 0. The fraction of sp³-hybridized carbons (Fsp3) is 0.500. The van der Waals surface area contributed by atoms with E-state index in [4.69, 9.17) is 5.73 Å². The molecule has 0 aliphatic heterocycles. The summed E-state index contributed by atoms with van der Waals surface area (Å²) in [6.07, 6.45) is 1.12. The van der Waals surface area contributed by atoms with Crippen LogP contribution in [0.5, 0.6) is 0 Å². The van der Waals surface area contributed by atoms with Gasteiger partial charge in [-0.3, -0.25) is 0 Å². The zero-order chi connectivity index (χ0) is 11.3. The maximum absolute atomic E-state index is 13.5. The first-order valence-electron chi connectivity index (χ1n) is 5.29. The quantitative estimate of drug-likeness (QED) is 0.780. The Morgan fingerprint density at radius 3 is 2.80 bits per heavy atom. The van der Waals surface area contributed by atoms with E-state index in [0.29, 0.717) is 12.5 Å². The molecule has 0 aliphatic carbocycles. The molecule has 84 valence electrons. The van der Waals surface area contributed by atoms with Gasteiger partial charge in [0.1, 0.15) is 5.82 Å². The summed E-state index contributed by atoms with van der Waals surface area (Å²) >= 11 is 1.58. The second kappa shape index (κ2) is 6.13. The normalized spacial score (nSPS) is 12.8. The van der Waals surface area contributed by atoms with E-state index in [0.717, 1.165) is 22.6 Å². The van der Waals surface area contributed by atoms with Crippen LogP contribution in [0.4, 0.5) is 4.39 Å². The van der Waals surface area contributed by atoms with Gasteiger partial charge in [0, 0.05) is 17.2 Å². The van der Waals surface area contributed by atoms with Gasteiger partial charge < -0.3 is 5.73 Å². The molecule has 1 nitrogen and oxygen atoms in total. The third-order valence-corrected chi connectivity index (χ3v) is 3.96. The molecular weight excluding hydrogens is 209 g/mol. The SMILES string of the molecule is CCC(C)CSc1c(F)cccc1CN. The predicted molar refractivity (Wildman–Crippen MR) is 64.5 cm³/mol. The fourth-order valence-corrected chi connectivity index (χ4v) is 2.45.